The summed E-state index contributed by atoms with van der Waals surface area (Å²) in [5.41, 5.74) is 11.9. The predicted octanol–water partition coefficient (Wildman–Crippen LogP) is 2.27. The maximum Gasteiger partial charge on any atom is 0.257 e. The molecule has 42 heavy (non-hydrogen) atoms. The lowest BCUT2D eigenvalue weighted by atomic mass is 9.73. The highest BCUT2D eigenvalue weighted by atomic mass is 35.5. The molecule has 4 aliphatic heterocycles. The van der Waals surface area contributed by atoms with Gasteiger partial charge in [0.25, 0.3) is 5.91 Å². The monoisotopic (exact) mass is 596 g/mol. The average molecular weight is 597 g/mol. The van der Waals surface area contributed by atoms with Crippen LogP contribution in [0.5, 0.6) is 0 Å². The lowest BCUT2D eigenvalue weighted by Gasteiger charge is -2.49. The Bertz CT molecular complexity index is 1480. The fraction of sp³-hybridized carbons (Fsp3) is 0.483. The van der Waals surface area contributed by atoms with Gasteiger partial charge in [-0.25, -0.2) is 4.84 Å². The number of aryl methyl sites for hydroxylation is 1. The van der Waals surface area contributed by atoms with Crippen molar-refractivity contribution >= 4 is 39.8 Å². The minimum Gasteiger partial charge on any atom is -0.376 e. The Balaban J connectivity index is 0.983. The van der Waals surface area contributed by atoms with Crippen LogP contribution in [0.25, 0.3) is 10.9 Å². The van der Waals surface area contributed by atoms with Crippen LogP contribution >= 0.6 is 11.6 Å². The number of aromatic nitrogens is 1. The molecule has 4 aliphatic rings. The second-order valence-corrected chi connectivity index (χ2v) is 12.1. The molecule has 5 heterocycles. The fourth-order valence-corrected chi connectivity index (χ4v) is 6.95. The summed E-state index contributed by atoms with van der Waals surface area (Å²) in [6, 6.07) is 13.0. The molecule has 4 saturated heterocycles. The summed E-state index contributed by atoms with van der Waals surface area (Å²) in [5.74, 6) is -0.259. The van der Waals surface area contributed by atoms with E-state index in [2.05, 4.69) is 33.3 Å². The molecular formula is C29H37ClN8O4. The number of likely N-dealkylation sites (tertiary alicyclic amines) is 1. The van der Waals surface area contributed by atoms with Crippen LogP contribution in [0.2, 0.25) is 5.02 Å². The van der Waals surface area contributed by atoms with Gasteiger partial charge in [0.1, 0.15) is 11.9 Å². The lowest BCUT2D eigenvalue weighted by molar-refractivity contribution is -0.250. The topological polar surface area (TPSA) is 130 Å². The quantitative estimate of drug-likeness (QED) is 0.306. The van der Waals surface area contributed by atoms with E-state index in [-0.39, 0.29) is 40.8 Å². The van der Waals surface area contributed by atoms with Crippen molar-refractivity contribution in [1.29, 1.82) is 0 Å². The summed E-state index contributed by atoms with van der Waals surface area (Å²) in [6.45, 7) is 5.40. The average Bonchev–Trinajstić information content (AvgIpc) is 3.53. The first-order valence-corrected chi connectivity index (χ1v) is 14.8. The molecule has 12 nitrogen and oxygen atoms in total. The first kappa shape index (κ1) is 28.0. The van der Waals surface area contributed by atoms with Gasteiger partial charge in [0.05, 0.1) is 40.7 Å². The van der Waals surface area contributed by atoms with Gasteiger partial charge in [-0.1, -0.05) is 29.8 Å². The van der Waals surface area contributed by atoms with Crippen molar-refractivity contribution in [3.05, 3.63) is 59.2 Å². The molecule has 0 saturated carbocycles. The highest BCUT2D eigenvalue weighted by Gasteiger charge is 2.49. The van der Waals surface area contributed by atoms with Crippen LogP contribution in [0.3, 0.4) is 0 Å². The summed E-state index contributed by atoms with van der Waals surface area (Å²) >= 11 is 6.76. The summed E-state index contributed by atoms with van der Waals surface area (Å²) in [5, 5.41) is 12.5. The van der Waals surface area contributed by atoms with Gasteiger partial charge in [-0.2, -0.15) is 10.4 Å². The zero-order valence-corrected chi connectivity index (χ0v) is 24.4. The standard InChI is InChI=1S/C29H37ClN8O4/c1-17-25(31)29(16-40-17)10-13-37(14-11-29)22-15-32-28-26(34-22)35-42-38(41-28)21-8-4-7-20(23(21)30)33-27(39)19-6-3-5-18-9-12-36(2)24(18)19/h3-9,12,17,22,25-26,28,32,34-35H,10-11,13-16,31H2,1-2H3,(H,33,39)/t17-,22?,25+,26?,28?/m0/s1. The van der Waals surface area contributed by atoms with Gasteiger partial charge < -0.3 is 20.4 Å². The van der Waals surface area contributed by atoms with E-state index in [1.54, 1.807) is 24.3 Å². The van der Waals surface area contributed by atoms with Gasteiger partial charge in [0, 0.05) is 49.7 Å². The molecule has 7 rings (SSSR count). The molecule has 3 unspecified atom stereocenters. The van der Waals surface area contributed by atoms with Crippen LogP contribution in [0, 0.1) is 5.41 Å². The van der Waals surface area contributed by atoms with Crippen molar-refractivity contribution in [3.63, 3.8) is 0 Å². The van der Waals surface area contributed by atoms with Crippen LogP contribution in [0.15, 0.2) is 48.7 Å². The van der Waals surface area contributed by atoms with Crippen LogP contribution in [-0.2, 0) is 21.6 Å². The zero-order valence-electron chi connectivity index (χ0n) is 23.7. The van der Waals surface area contributed by atoms with Gasteiger partial charge in [0.15, 0.2) is 6.23 Å². The number of benzene rings is 2. The van der Waals surface area contributed by atoms with Crippen molar-refractivity contribution in [3.8, 4) is 0 Å². The van der Waals surface area contributed by atoms with Crippen LogP contribution in [0.4, 0.5) is 11.4 Å². The first-order valence-electron chi connectivity index (χ1n) is 14.5. The normalized spacial score (nSPS) is 29.6. The molecule has 4 fully saturated rings. The molecular weight excluding hydrogens is 560 g/mol. The maximum atomic E-state index is 13.3. The third-order valence-corrected chi connectivity index (χ3v) is 9.70. The van der Waals surface area contributed by atoms with Crippen molar-refractivity contribution < 1.29 is 19.3 Å². The van der Waals surface area contributed by atoms with Crippen molar-refractivity contribution in [2.75, 3.05) is 36.8 Å². The third kappa shape index (κ3) is 4.86. The third-order valence-electron chi connectivity index (χ3n) is 9.31. The van der Waals surface area contributed by atoms with E-state index in [4.69, 9.17) is 31.8 Å². The Labute approximate surface area is 249 Å². The Hall–Kier alpha value is -2.78. The Morgan fingerprint density at radius 2 is 1.98 bits per heavy atom. The fourth-order valence-electron chi connectivity index (χ4n) is 6.70. The minimum absolute atomic E-state index is 0.0817. The number of ether oxygens (including phenoxy) is 1. The summed E-state index contributed by atoms with van der Waals surface area (Å²) < 4.78 is 7.81. The number of hydroxylamine groups is 1. The number of fused-ring (bicyclic) bond motifs is 2. The SMILES string of the molecule is C[C@@H]1OCC2(CCN(C3CNC4ON(c5cccc(NC(=O)c6cccc7ccn(C)c67)c5Cl)ONC4N3)CC2)[C@@H]1N. The molecule has 2 aromatic carbocycles. The smallest absolute Gasteiger partial charge is 0.257 e. The molecule has 224 valence electrons. The Kier molecular flexibility index (Phi) is 7.37. The number of nitrogens with two attached hydrogens (primary N) is 1. The molecule has 6 N–H and O–H groups in total. The Morgan fingerprint density at radius 1 is 1.17 bits per heavy atom. The number of piperazine rings is 1. The number of halogens is 1. The van der Waals surface area contributed by atoms with E-state index in [1.165, 1.54) is 5.23 Å². The van der Waals surface area contributed by atoms with Gasteiger partial charge >= 0.3 is 0 Å². The van der Waals surface area contributed by atoms with E-state index >= 15 is 0 Å². The highest BCUT2D eigenvalue weighted by molar-refractivity contribution is 6.36. The molecule has 13 heteroatoms. The number of rotatable bonds is 4. The zero-order chi connectivity index (χ0) is 29.0. The molecule has 5 atom stereocenters. The molecule has 1 amide bonds. The number of hydrogen-bond donors (Lipinski definition) is 5. The summed E-state index contributed by atoms with van der Waals surface area (Å²) in [4.78, 5) is 27.6. The van der Waals surface area contributed by atoms with Crippen LogP contribution in [0.1, 0.15) is 30.1 Å². The van der Waals surface area contributed by atoms with Crippen LogP contribution < -0.4 is 32.4 Å². The number of nitrogens with one attached hydrogen (secondary N) is 4. The van der Waals surface area contributed by atoms with Crippen molar-refractivity contribution in [2.24, 2.45) is 18.2 Å². The summed E-state index contributed by atoms with van der Waals surface area (Å²) in [6.07, 6.45) is 3.50. The Morgan fingerprint density at radius 3 is 2.76 bits per heavy atom. The number of para-hydroxylation sites is 1. The summed E-state index contributed by atoms with van der Waals surface area (Å²) in [7, 11) is 1.91. The molecule has 0 bridgehead atoms. The number of anilines is 2. The molecule has 3 aromatic rings. The second kappa shape index (κ2) is 11.1. The van der Waals surface area contributed by atoms with E-state index in [0.717, 1.165) is 43.4 Å². The second-order valence-electron chi connectivity index (χ2n) is 11.8. The number of carbonyl (C=O) groups is 1. The van der Waals surface area contributed by atoms with E-state index in [0.29, 0.717) is 23.5 Å². The highest BCUT2D eigenvalue weighted by Crippen LogP contribution is 2.41. The number of carbonyl (C=O) groups excluding carboxylic acids is 1. The molecule has 0 radical (unpaired) electrons. The largest absolute Gasteiger partial charge is 0.376 e. The number of amides is 1. The number of piperidine rings is 1. The van der Waals surface area contributed by atoms with Gasteiger partial charge in [0.2, 0.25) is 0 Å². The number of nitrogens with zero attached hydrogens (tertiary/aromatic N) is 3. The molecule has 0 aliphatic carbocycles. The predicted molar refractivity (Wildman–Crippen MR) is 159 cm³/mol. The molecule has 1 aromatic heterocycles. The van der Waals surface area contributed by atoms with Crippen molar-refractivity contribution in [2.45, 2.75) is 50.5 Å². The van der Waals surface area contributed by atoms with Crippen LogP contribution in [-0.4, -0.2) is 72.3 Å². The van der Waals surface area contributed by atoms with Gasteiger partial charge in [-0.3, -0.25) is 20.3 Å². The first-order chi connectivity index (χ1) is 20.3. The van der Waals surface area contributed by atoms with E-state index in [1.807, 2.05) is 36.0 Å². The lowest BCUT2D eigenvalue weighted by Crippen LogP contribution is -2.74. The van der Waals surface area contributed by atoms with Crippen molar-refractivity contribution in [1.82, 2.24) is 25.6 Å². The van der Waals surface area contributed by atoms with E-state index in [9.17, 15) is 4.79 Å². The van der Waals surface area contributed by atoms with Gasteiger partial charge in [-0.05, 0) is 44.0 Å². The maximum absolute atomic E-state index is 13.3. The number of hydrogen-bond acceptors (Lipinski definition) is 10. The van der Waals surface area contributed by atoms with Gasteiger partial charge in [-0.15, -0.1) is 5.23 Å². The minimum atomic E-state index is -0.409. The molecule has 1 spiro atoms. The van der Waals surface area contributed by atoms with E-state index < -0.39 is 6.23 Å².